The second-order valence-electron chi connectivity index (χ2n) is 3.61. The van der Waals surface area contributed by atoms with E-state index in [-0.39, 0.29) is 27.9 Å². The molecular weight excluding hydrogens is 346 g/mol. The van der Waals surface area contributed by atoms with E-state index in [1.165, 1.54) is 0 Å². The van der Waals surface area contributed by atoms with Gasteiger partial charge in [0.25, 0.3) is 5.91 Å². The molecule has 1 heterocycles. The molecule has 0 radical (unpaired) electrons. The van der Waals surface area contributed by atoms with Gasteiger partial charge in [-0.05, 0) is 18.2 Å². The van der Waals surface area contributed by atoms with Crippen molar-refractivity contribution in [2.75, 3.05) is 5.32 Å². The van der Waals surface area contributed by atoms with Crippen LogP contribution in [0.1, 0.15) is 21.7 Å². The standard InChI is InChI=1S/C12H5BrClN5O/c13-6-1-2-8(14)7(3-6)11(20)19-12-17-9(4-15)10(5-16)18-12/h1-3H,(H2,17,18,19,20). The molecule has 0 fully saturated rings. The summed E-state index contributed by atoms with van der Waals surface area (Å²) in [7, 11) is 0. The molecule has 1 aromatic carbocycles. The number of benzene rings is 1. The summed E-state index contributed by atoms with van der Waals surface area (Å²) in [5.41, 5.74) is 0.153. The lowest BCUT2D eigenvalue weighted by Crippen LogP contribution is -2.13. The highest BCUT2D eigenvalue weighted by molar-refractivity contribution is 9.10. The van der Waals surface area contributed by atoms with Crippen LogP contribution in [0, 0.1) is 22.7 Å². The summed E-state index contributed by atoms with van der Waals surface area (Å²) >= 11 is 9.17. The Balaban J connectivity index is 2.29. The zero-order valence-corrected chi connectivity index (χ0v) is 12.1. The molecule has 0 unspecified atom stereocenters. The lowest BCUT2D eigenvalue weighted by molar-refractivity contribution is 0.102. The average Bonchev–Trinajstić information content (AvgIpc) is 2.83. The molecule has 0 aliphatic carbocycles. The fourth-order valence-corrected chi connectivity index (χ4v) is 2.01. The minimum Gasteiger partial charge on any atom is -0.314 e. The molecule has 2 rings (SSSR count). The van der Waals surface area contributed by atoms with Crippen molar-refractivity contribution in [3.8, 4) is 12.1 Å². The number of nitrogens with one attached hydrogen (secondary N) is 2. The molecule has 98 valence electrons. The van der Waals surface area contributed by atoms with Crippen LogP contribution in [0.25, 0.3) is 0 Å². The van der Waals surface area contributed by atoms with Crippen LogP contribution in [-0.4, -0.2) is 15.9 Å². The highest BCUT2D eigenvalue weighted by atomic mass is 79.9. The predicted molar refractivity (Wildman–Crippen MR) is 75.1 cm³/mol. The Morgan fingerprint density at radius 2 is 2.15 bits per heavy atom. The topological polar surface area (TPSA) is 105 Å². The maximum Gasteiger partial charge on any atom is 0.259 e. The molecule has 1 aromatic heterocycles. The fourth-order valence-electron chi connectivity index (χ4n) is 1.44. The number of aromatic amines is 1. The Morgan fingerprint density at radius 3 is 2.75 bits per heavy atom. The van der Waals surface area contributed by atoms with Gasteiger partial charge >= 0.3 is 0 Å². The van der Waals surface area contributed by atoms with Crippen molar-refractivity contribution in [1.82, 2.24) is 9.97 Å². The lowest BCUT2D eigenvalue weighted by atomic mass is 10.2. The number of rotatable bonds is 2. The Hall–Kier alpha value is -2.35. The van der Waals surface area contributed by atoms with E-state index in [0.717, 1.165) is 0 Å². The predicted octanol–water partition coefficient (Wildman–Crippen LogP) is 2.82. The molecule has 8 heteroatoms. The summed E-state index contributed by atoms with van der Waals surface area (Å²) < 4.78 is 0.696. The van der Waals surface area contributed by atoms with Gasteiger partial charge in [0.2, 0.25) is 5.95 Å². The number of amides is 1. The van der Waals surface area contributed by atoms with Gasteiger partial charge in [0.05, 0.1) is 10.6 Å². The van der Waals surface area contributed by atoms with E-state index in [9.17, 15) is 4.79 Å². The molecular formula is C12H5BrClN5O. The van der Waals surface area contributed by atoms with Crippen molar-refractivity contribution in [3.63, 3.8) is 0 Å². The molecule has 20 heavy (non-hydrogen) atoms. The number of H-pyrrole nitrogens is 1. The van der Waals surface area contributed by atoms with Crippen LogP contribution in [-0.2, 0) is 0 Å². The van der Waals surface area contributed by atoms with E-state index < -0.39 is 5.91 Å². The number of imidazole rings is 1. The zero-order chi connectivity index (χ0) is 14.7. The van der Waals surface area contributed by atoms with Gasteiger partial charge in [-0.15, -0.1) is 0 Å². The SMILES string of the molecule is N#Cc1nc(NC(=O)c2cc(Br)ccc2Cl)[nH]c1C#N. The molecule has 0 aliphatic rings. The van der Waals surface area contributed by atoms with Crippen LogP contribution in [0.4, 0.5) is 5.95 Å². The Bertz CT molecular complexity index is 740. The molecule has 0 spiro atoms. The Morgan fingerprint density at radius 1 is 1.40 bits per heavy atom. The number of halogens is 2. The van der Waals surface area contributed by atoms with Gasteiger partial charge in [0.15, 0.2) is 11.4 Å². The van der Waals surface area contributed by atoms with E-state index in [0.29, 0.717) is 4.47 Å². The smallest absolute Gasteiger partial charge is 0.259 e. The highest BCUT2D eigenvalue weighted by Crippen LogP contribution is 2.22. The Labute approximate surface area is 127 Å². The summed E-state index contributed by atoms with van der Waals surface area (Å²) in [6.45, 7) is 0. The van der Waals surface area contributed by atoms with Gasteiger partial charge in [-0.1, -0.05) is 27.5 Å². The van der Waals surface area contributed by atoms with Crippen molar-refractivity contribution in [2.45, 2.75) is 0 Å². The number of hydrogen-bond acceptors (Lipinski definition) is 4. The molecule has 1 amide bonds. The number of nitrogens with zero attached hydrogens (tertiary/aromatic N) is 3. The second-order valence-corrected chi connectivity index (χ2v) is 4.93. The van der Waals surface area contributed by atoms with Crippen molar-refractivity contribution in [2.24, 2.45) is 0 Å². The van der Waals surface area contributed by atoms with Crippen LogP contribution in [0.2, 0.25) is 5.02 Å². The van der Waals surface area contributed by atoms with E-state index in [2.05, 4.69) is 31.2 Å². The zero-order valence-electron chi connectivity index (χ0n) is 9.74. The van der Waals surface area contributed by atoms with E-state index in [1.807, 2.05) is 0 Å². The maximum atomic E-state index is 12.0. The largest absolute Gasteiger partial charge is 0.314 e. The summed E-state index contributed by atoms with van der Waals surface area (Å²) in [5.74, 6) is -0.488. The number of carbonyl (C=O) groups excluding carboxylic acids is 1. The summed E-state index contributed by atoms with van der Waals surface area (Å²) in [6, 6.07) is 8.35. The van der Waals surface area contributed by atoms with Crippen LogP contribution >= 0.6 is 27.5 Å². The molecule has 6 nitrogen and oxygen atoms in total. The number of anilines is 1. The second kappa shape index (κ2) is 5.74. The van der Waals surface area contributed by atoms with E-state index in [1.54, 1.807) is 30.3 Å². The molecule has 0 saturated carbocycles. The van der Waals surface area contributed by atoms with E-state index in [4.69, 9.17) is 22.1 Å². The summed E-state index contributed by atoms with van der Waals surface area (Å²) in [5, 5.41) is 20.3. The van der Waals surface area contributed by atoms with Crippen molar-refractivity contribution in [1.29, 1.82) is 10.5 Å². The monoisotopic (exact) mass is 349 g/mol. The molecule has 2 aromatic rings. The first kappa shape index (κ1) is 14.1. The van der Waals surface area contributed by atoms with Crippen LogP contribution in [0.5, 0.6) is 0 Å². The van der Waals surface area contributed by atoms with Crippen LogP contribution in [0.15, 0.2) is 22.7 Å². The molecule has 0 aliphatic heterocycles. The first-order valence-electron chi connectivity index (χ1n) is 5.21. The molecule has 0 atom stereocenters. The molecule has 2 N–H and O–H groups in total. The molecule has 0 saturated heterocycles. The minimum atomic E-state index is -0.501. The van der Waals surface area contributed by atoms with Gasteiger partial charge in [-0.2, -0.15) is 10.5 Å². The van der Waals surface area contributed by atoms with Gasteiger partial charge < -0.3 is 4.98 Å². The van der Waals surface area contributed by atoms with Crippen molar-refractivity contribution in [3.05, 3.63) is 44.6 Å². The molecule has 0 bridgehead atoms. The van der Waals surface area contributed by atoms with Gasteiger partial charge in [0.1, 0.15) is 12.1 Å². The first-order chi connectivity index (χ1) is 9.55. The van der Waals surface area contributed by atoms with Crippen LogP contribution in [0.3, 0.4) is 0 Å². The lowest BCUT2D eigenvalue weighted by Gasteiger charge is -2.04. The quantitative estimate of drug-likeness (QED) is 0.868. The van der Waals surface area contributed by atoms with Gasteiger partial charge in [-0.3, -0.25) is 10.1 Å². The average molecular weight is 351 g/mol. The number of carbonyl (C=O) groups is 1. The third-order valence-electron chi connectivity index (χ3n) is 2.33. The number of hydrogen-bond donors (Lipinski definition) is 2. The highest BCUT2D eigenvalue weighted by Gasteiger charge is 2.15. The van der Waals surface area contributed by atoms with Crippen molar-refractivity contribution < 1.29 is 4.79 Å². The number of nitriles is 2. The minimum absolute atomic E-state index is 0.0110. The number of aromatic nitrogens is 2. The maximum absolute atomic E-state index is 12.0. The van der Waals surface area contributed by atoms with Gasteiger partial charge in [0, 0.05) is 4.47 Å². The normalized spacial score (nSPS) is 9.60. The summed E-state index contributed by atoms with van der Waals surface area (Å²) in [4.78, 5) is 18.4. The van der Waals surface area contributed by atoms with Gasteiger partial charge in [-0.25, -0.2) is 4.98 Å². The fraction of sp³-hybridized carbons (Fsp3) is 0. The van der Waals surface area contributed by atoms with Crippen LogP contribution < -0.4 is 5.32 Å². The Kier molecular flexibility index (Phi) is 4.04. The van der Waals surface area contributed by atoms with E-state index >= 15 is 0 Å². The summed E-state index contributed by atoms with van der Waals surface area (Å²) in [6.07, 6.45) is 0. The third-order valence-corrected chi connectivity index (χ3v) is 3.15. The first-order valence-corrected chi connectivity index (χ1v) is 6.39. The third kappa shape index (κ3) is 2.80. The van der Waals surface area contributed by atoms with Crippen molar-refractivity contribution >= 4 is 39.4 Å².